The molecular weight excluding hydrogens is 662 g/mol. The van der Waals surface area contributed by atoms with E-state index in [9.17, 15) is 9.18 Å². The standard InChI is InChI=1S/C37H35ClF2N8O2/c1-46(24-12-17-47(20-24)30(49)11-10-29-28(39)19-41-22-43-29)35-26-18-42-33(25-8-2-6-23-7-3-9-27(38)31(23)25)32(40)34(26)44-36(45-35)50-21-37-13-4-15-48(37)16-5-14-37/h2-3,6-11,18-19,22,24H,4-5,12-17,20-21H2,1H3/b11-10+. The van der Waals surface area contributed by atoms with Gasteiger partial charge in [0.05, 0.1) is 17.1 Å². The van der Waals surface area contributed by atoms with Crippen LogP contribution in [0.3, 0.4) is 0 Å². The summed E-state index contributed by atoms with van der Waals surface area (Å²) < 4.78 is 37.2. The van der Waals surface area contributed by atoms with Crippen molar-refractivity contribution in [2.75, 3.05) is 44.7 Å². The van der Waals surface area contributed by atoms with E-state index in [4.69, 9.17) is 21.3 Å². The van der Waals surface area contributed by atoms with Gasteiger partial charge in [-0.15, -0.1) is 0 Å². The van der Waals surface area contributed by atoms with E-state index in [1.165, 1.54) is 18.5 Å². The van der Waals surface area contributed by atoms with Crippen molar-refractivity contribution < 1.29 is 18.3 Å². The highest BCUT2D eigenvalue weighted by atomic mass is 35.5. The second-order valence-electron chi connectivity index (χ2n) is 13.3. The van der Waals surface area contributed by atoms with Crippen molar-refractivity contribution in [3.8, 4) is 17.3 Å². The number of likely N-dealkylation sites (tertiary alicyclic amines) is 1. The first-order valence-electron chi connectivity index (χ1n) is 16.9. The maximum absolute atomic E-state index is 16.8. The third kappa shape index (κ3) is 5.79. The molecule has 1 unspecified atom stereocenters. The molecule has 5 aromatic rings. The SMILES string of the molecule is CN(c1nc(OCC23CCCN2CCC3)nc2c(F)c(-c3cccc4cccc(Cl)c34)ncc12)C1CCN(C(=O)/C=C/c2ncncc2F)C1. The number of benzene rings is 2. The molecule has 0 aliphatic carbocycles. The first kappa shape index (κ1) is 32.4. The van der Waals surface area contributed by atoms with Gasteiger partial charge in [0.25, 0.3) is 0 Å². The van der Waals surface area contributed by atoms with Gasteiger partial charge in [-0.1, -0.05) is 41.9 Å². The molecule has 3 aliphatic rings. The first-order valence-corrected chi connectivity index (χ1v) is 17.3. The van der Waals surface area contributed by atoms with Gasteiger partial charge in [-0.25, -0.2) is 18.7 Å². The Labute approximate surface area is 292 Å². The van der Waals surface area contributed by atoms with Crippen LogP contribution >= 0.6 is 11.6 Å². The fourth-order valence-electron chi connectivity index (χ4n) is 7.83. The van der Waals surface area contributed by atoms with Crippen LogP contribution in [0.1, 0.15) is 37.8 Å². The number of fused-ring (bicyclic) bond motifs is 3. The summed E-state index contributed by atoms with van der Waals surface area (Å²) in [5.74, 6) is -1.00. The number of likely N-dealkylation sites (N-methyl/N-ethyl adjacent to an activating group) is 1. The van der Waals surface area contributed by atoms with Gasteiger partial charge < -0.3 is 14.5 Å². The number of carbonyl (C=O) groups is 1. The van der Waals surface area contributed by atoms with Crippen LogP contribution in [0.2, 0.25) is 5.02 Å². The van der Waals surface area contributed by atoms with E-state index >= 15 is 4.39 Å². The number of amides is 1. The topological polar surface area (TPSA) is 100 Å². The minimum atomic E-state index is -0.607. The smallest absolute Gasteiger partial charge is 0.319 e. The summed E-state index contributed by atoms with van der Waals surface area (Å²) in [7, 11) is 1.88. The van der Waals surface area contributed by atoms with Gasteiger partial charge in [-0.3, -0.25) is 14.7 Å². The summed E-state index contributed by atoms with van der Waals surface area (Å²) in [6.07, 6.45) is 11.5. The van der Waals surface area contributed by atoms with Crippen LogP contribution in [0.4, 0.5) is 14.6 Å². The molecule has 3 saturated heterocycles. The highest BCUT2D eigenvalue weighted by Crippen LogP contribution is 2.40. The molecule has 0 N–H and O–H groups in total. The summed E-state index contributed by atoms with van der Waals surface area (Å²) >= 11 is 6.63. The number of aromatic nitrogens is 5. The average molecular weight is 697 g/mol. The molecule has 6 heterocycles. The van der Waals surface area contributed by atoms with Crippen molar-refractivity contribution in [3.05, 3.63) is 83.5 Å². The molecule has 3 aliphatic heterocycles. The van der Waals surface area contributed by atoms with E-state index in [-0.39, 0.29) is 40.4 Å². The Morgan fingerprint density at radius 1 is 1.08 bits per heavy atom. The lowest BCUT2D eigenvalue weighted by atomic mass is 9.95. The van der Waals surface area contributed by atoms with Crippen molar-refractivity contribution in [2.24, 2.45) is 0 Å². The lowest BCUT2D eigenvalue weighted by Gasteiger charge is -2.31. The maximum atomic E-state index is 16.8. The van der Waals surface area contributed by atoms with Crippen LogP contribution in [0.15, 0.2) is 61.2 Å². The number of hydrogen-bond acceptors (Lipinski definition) is 9. The molecule has 8 rings (SSSR count). The summed E-state index contributed by atoms with van der Waals surface area (Å²) in [5.41, 5.74) is 0.781. The van der Waals surface area contributed by atoms with Gasteiger partial charge in [-0.2, -0.15) is 9.97 Å². The van der Waals surface area contributed by atoms with Gasteiger partial charge in [-0.05, 0) is 62.7 Å². The number of anilines is 1. The molecule has 13 heteroatoms. The second-order valence-corrected chi connectivity index (χ2v) is 13.7. The normalized spacial score (nSPS) is 18.8. The summed E-state index contributed by atoms with van der Waals surface area (Å²) in [6, 6.07) is 11.1. The quantitative estimate of drug-likeness (QED) is 0.173. The Hall–Kier alpha value is -4.81. The van der Waals surface area contributed by atoms with Crippen molar-refractivity contribution in [3.63, 3.8) is 0 Å². The number of pyridine rings is 1. The number of halogens is 3. The van der Waals surface area contributed by atoms with E-state index in [0.717, 1.165) is 50.4 Å². The minimum absolute atomic E-state index is 0.0405. The van der Waals surface area contributed by atoms with Crippen LogP contribution in [0.5, 0.6) is 6.01 Å². The lowest BCUT2D eigenvalue weighted by molar-refractivity contribution is -0.124. The van der Waals surface area contributed by atoms with Gasteiger partial charge in [0.15, 0.2) is 11.6 Å². The summed E-state index contributed by atoms with van der Waals surface area (Å²) in [4.78, 5) is 40.9. The second kappa shape index (κ2) is 13.1. The van der Waals surface area contributed by atoms with Crippen LogP contribution in [-0.4, -0.2) is 92.0 Å². The molecule has 10 nitrogen and oxygen atoms in total. The van der Waals surface area contributed by atoms with Crippen molar-refractivity contribution in [2.45, 2.75) is 43.7 Å². The fraction of sp³-hybridized carbons (Fsp3) is 0.351. The van der Waals surface area contributed by atoms with Gasteiger partial charge in [0, 0.05) is 54.4 Å². The molecule has 3 aromatic heterocycles. The lowest BCUT2D eigenvalue weighted by Crippen LogP contribution is -2.43. The monoisotopic (exact) mass is 696 g/mol. The molecule has 0 spiro atoms. The first-order chi connectivity index (χ1) is 24.3. The number of ether oxygens (including phenoxy) is 1. The van der Waals surface area contributed by atoms with Gasteiger partial charge in [0.2, 0.25) is 5.91 Å². The Kier molecular flexibility index (Phi) is 8.52. The van der Waals surface area contributed by atoms with Crippen molar-refractivity contribution in [1.29, 1.82) is 0 Å². The Balaban J connectivity index is 1.14. The molecule has 0 radical (unpaired) electrons. The van der Waals surface area contributed by atoms with Crippen LogP contribution < -0.4 is 9.64 Å². The minimum Gasteiger partial charge on any atom is -0.461 e. The van der Waals surface area contributed by atoms with Crippen LogP contribution in [0.25, 0.3) is 39.0 Å². The third-order valence-corrected chi connectivity index (χ3v) is 10.8. The number of nitrogens with zero attached hydrogens (tertiary/aromatic N) is 8. The Bertz CT molecular complexity index is 2130. The molecule has 2 aromatic carbocycles. The molecule has 0 bridgehead atoms. The number of rotatable bonds is 8. The predicted octanol–water partition coefficient (Wildman–Crippen LogP) is 6.32. The average Bonchev–Trinajstić information content (AvgIpc) is 3.87. The summed E-state index contributed by atoms with van der Waals surface area (Å²) in [6.45, 7) is 3.38. The van der Waals surface area contributed by atoms with E-state index in [1.54, 1.807) is 17.2 Å². The largest absolute Gasteiger partial charge is 0.461 e. The van der Waals surface area contributed by atoms with Crippen LogP contribution in [-0.2, 0) is 4.79 Å². The number of carbonyl (C=O) groups excluding carboxylic acids is 1. The highest BCUT2D eigenvalue weighted by molar-refractivity contribution is 6.36. The molecular formula is C37H35ClF2N8O2. The van der Waals surface area contributed by atoms with E-state index in [2.05, 4.69) is 24.8 Å². The Morgan fingerprint density at radius 2 is 1.88 bits per heavy atom. The molecule has 256 valence electrons. The van der Waals surface area contributed by atoms with Crippen LogP contribution in [0, 0.1) is 11.6 Å². The Morgan fingerprint density at radius 3 is 2.68 bits per heavy atom. The molecule has 0 saturated carbocycles. The van der Waals surface area contributed by atoms with E-state index in [1.807, 2.05) is 42.3 Å². The van der Waals surface area contributed by atoms with Crippen molar-refractivity contribution in [1.82, 2.24) is 34.7 Å². The zero-order chi connectivity index (χ0) is 34.4. The zero-order valence-electron chi connectivity index (χ0n) is 27.5. The predicted molar refractivity (Wildman–Crippen MR) is 188 cm³/mol. The molecule has 3 fully saturated rings. The van der Waals surface area contributed by atoms with Gasteiger partial charge in [0.1, 0.15) is 35.7 Å². The molecule has 1 atom stereocenters. The fourth-order valence-corrected chi connectivity index (χ4v) is 8.11. The maximum Gasteiger partial charge on any atom is 0.319 e. The van der Waals surface area contributed by atoms with Crippen molar-refractivity contribution >= 4 is 51.1 Å². The highest BCUT2D eigenvalue weighted by Gasteiger charge is 2.45. The molecule has 1 amide bonds. The summed E-state index contributed by atoms with van der Waals surface area (Å²) in [5, 5.41) is 2.51. The number of hydrogen-bond donors (Lipinski definition) is 0. The zero-order valence-corrected chi connectivity index (χ0v) is 28.3. The van der Waals surface area contributed by atoms with Gasteiger partial charge >= 0.3 is 6.01 Å². The third-order valence-electron chi connectivity index (χ3n) is 10.5. The van der Waals surface area contributed by atoms with E-state index in [0.29, 0.717) is 53.3 Å². The molecule has 50 heavy (non-hydrogen) atoms. The van der Waals surface area contributed by atoms with E-state index < -0.39 is 11.6 Å².